The van der Waals surface area contributed by atoms with Gasteiger partial charge in [0.25, 0.3) is 5.91 Å². The number of esters is 1. The van der Waals surface area contributed by atoms with Crippen molar-refractivity contribution >= 4 is 33.5 Å². The van der Waals surface area contributed by atoms with E-state index in [1.54, 1.807) is 30.3 Å². The summed E-state index contributed by atoms with van der Waals surface area (Å²) in [4.78, 5) is 36.6. The maximum atomic E-state index is 13.7. The third-order valence-electron chi connectivity index (χ3n) is 6.80. The lowest BCUT2D eigenvalue weighted by Gasteiger charge is -2.36. The molecule has 5 rings (SSSR count). The van der Waals surface area contributed by atoms with Gasteiger partial charge in [0, 0.05) is 25.7 Å². The average molecular weight is 580 g/mol. The Hall–Kier alpha value is -4.42. The Morgan fingerprint density at radius 1 is 1.00 bits per heavy atom. The van der Waals surface area contributed by atoms with Crippen LogP contribution in [0.1, 0.15) is 36.1 Å². The number of sulfonamides is 1. The number of anilines is 1. The van der Waals surface area contributed by atoms with Crippen LogP contribution in [-0.4, -0.2) is 50.5 Å². The number of carbonyl (C=O) groups is 3. The van der Waals surface area contributed by atoms with Crippen LogP contribution in [0.5, 0.6) is 11.5 Å². The van der Waals surface area contributed by atoms with Crippen LogP contribution in [0.15, 0.2) is 71.6 Å². The molecule has 3 aromatic rings. The van der Waals surface area contributed by atoms with E-state index in [4.69, 9.17) is 14.2 Å². The van der Waals surface area contributed by atoms with E-state index in [0.29, 0.717) is 29.2 Å². The Bertz CT molecular complexity index is 1570. The molecule has 2 heterocycles. The van der Waals surface area contributed by atoms with Gasteiger partial charge in [0.15, 0.2) is 18.1 Å². The van der Waals surface area contributed by atoms with Gasteiger partial charge in [-0.2, -0.15) is 4.31 Å². The van der Waals surface area contributed by atoms with Crippen LogP contribution in [0.4, 0.5) is 5.69 Å². The summed E-state index contributed by atoms with van der Waals surface area (Å²) < 4.78 is 44.5. The lowest BCUT2D eigenvalue weighted by Crippen LogP contribution is -2.41. The molecule has 0 saturated heterocycles. The average Bonchev–Trinajstić information content (AvgIpc) is 3.43. The van der Waals surface area contributed by atoms with Gasteiger partial charge in [-0.1, -0.05) is 30.3 Å². The van der Waals surface area contributed by atoms with E-state index in [2.05, 4.69) is 10.6 Å². The van der Waals surface area contributed by atoms with Gasteiger partial charge >= 0.3 is 5.97 Å². The molecule has 0 aromatic heterocycles. The standard InChI is InChI=1S/C29H29N3O8S/c1-19(33)31-22-7-9-23(10-8-22)41(36,37)32-13-12-21-4-2-3-5-24(21)25(32)15-29(35)38-17-28(34)30-16-20-6-11-26-27(14-20)40-18-39-26/h2-11,14,25H,12-13,15-18H2,1H3,(H,30,34)(H,31,33). The second kappa shape index (κ2) is 12.0. The minimum absolute atomic E-state index is 0.0345. The Labute approximate surface area is 237 Å². The van der Waals surface area contributed by atoms with Crippen LogP contribution in [0.2, 0.25) is 0 Å². The maximum Gasteiger partial charge on any atom is 0.308 e. The molecule has 0 fully saturated rings. The Balaban J connectivity index is 1.24. The van der Waals surface area contributed by atoms with Crippen molar-refractivity contribution in [2.75, 3.05) is 25.3 Å². The molecule has 1 atom stereocenters. The fraction of sp³-hybridized carbons (Fsp3) is 0.276. The Kier molecular flexibility index (Phi) is 8.22. The van der Waals surface area contributed by atoms with E-state index < -0.39 is 34.5 Å². The fourth-order valence-corrected chi connectivity index (χ4v) is 6.45. The Morgan fingerprint density at radius 2 is 1.76 bits per heavy atom. The molecule has 2 N–H and O–H groups in total. The first-order valence-electron chi connectivity index (χ1n) is 13.0. The van der Waals surface area contributed by atoms with Crippen LogP contribution in [-0.2, 0) is 42.1 Å². The Morgan fingerprint density at radius 3 is 2.54 bits per heavy atom. The highest BCUT2D eigenvalue weighted by Crippen LogP contribution is 2.37. The third-order valence-corrected chi connectivity index (χ3v) is 8.72. The fourth-order valence-electron chi connectivity index (χ4n) is 4.84. The zero-order valence-electron chi connectivity index (χ0n) is 22.3. The molecular formula is C29H29N3O8S. The predicted molar refractivity (Wildman–Crippen MR) is 148 cm³/mol. The number of fused-ring (bicyclic) bond motifs is 2. The SMILES string of the molecule is CC(=O)Nc1ccc(S(=O)(=O)N2CCc3ccccc3C2CC(=O)OCC(=O)NCc2ccc3c(c2)OCO3)cc1. The minimum atomic E-state index is -4.01. The van der Waals surface area contributed by atoms with Crippen LogP contribution in [0, 0.1) is 0 Å². The van der Waals surface area contributed by atoms with E-state index in [9.17, 15) is 22.8 Å². The van der Waals surface area contributed by atoms with E-state index >= 15 is 0 Å². The quantitative estimate of drug-likeness (QED) is 0.369. The number of nitrogens with one attached hydrogen (secondary N) is 2. The van der Waals surface area contributed by atoms with E-state index in [-0.39, 0.29) is 37.1 Å². The molecular weight excluding hydrogens is 550 g/mol. The van der Waals surface area contributed by atoms with Crippen molar-refractivity contribution in [2.45, 2.75) is 37.2 Å². The van der Waals surface area contributed by atoms with Crippen LogP contribution >= 0.6 is 0 Å². The second-order valence-corrected chi connectivity index (χ2v) is 11.5. The molecule has 1 unspecified atom stereocenters. The highest BCUT2D eigenvalue weighted by Gasteiger charge is 2.38. The van der Waals surface area contributed by atoms with Crippen molar-refractivity contribution in [3.05, 3.63) is 83.4 Å². The zero-order valence-corrected chi connectivity index (χ0v) is 23.1. The molecule has 11 nitrogen and oxygen atoms in total. The summed E-state index contributed by atoms with van der Waals surface area (Å²) in [7, 11) is -4.01. The first-order valence-corrected chi connectivity index (χ1v) is 14.4. The van der Waals surface area contributed by atoms with Crippen LogP contribution < -0.4 is 20.1 Å². The first kappa shape index (κ1) is 28.1. The molecule has 0 radical (unpaired) electrons. The molecule has 2 aliphatic heterocycles. The van der Waals surface area contributed by atoms with Crippen molar-refractivity contribution < 1.29 is 37.0 Å². The summed E-state index contributed by atoms with van der Waals surface area (Å²) in [6, 6.07) is 17.7. The molecule has 0 spiro atoms. The van der Waals surface area contributed by atoms with Gasteiger partial charge < -0.3 is 24.8 Å². The first-order chi connectivity index (χ1) is 19.7. The summed E-state index contributed by atoms with van der Waals surface area (Å²) in [5, 5.41) is 5.30. The summed E-state index contributed by atoms with van der Waals surface area (Å²) in [5.41, 5.74) is 2.91. The summed E-state index contributed by atoms with van der Waals surface area (Å²) in [6.45, 7) is 1.38. The van der Waals surface area contributed by atoms with Gasteiger partial charge in [0.2, 0.25) is 22.7 Å². The number of hydrogen-bond donors (Lipinski definition) is 2. The van der Waals surface area contributed by atoms with Crippen LogP contribution in [0.25, 0.3) is 0 Å². The highest BCUT2D eigenvalue weighted by atomic mass is 32.2. The number of rotatable bonds is 9. The maximum absolute atomic E-state index is 13.7. The number of benzene rings is 3. The van der Waals surface area contributed by atoms with Gasteiger partial charge in [-0.15, -0.1) is 0 Å². The molecule has 0 saturated carbocycles. The number of nitrogens with zero attached hydrogens (tertiary/aromatic N) is 1. The smallest absolute Gasteiger partial charge is 0.308 e. The van der Waals surface area contributed by atoms with Crippen molar-refractivity contribution in [1.29, 1.82) is 0 Å². The van der Waals surface area contributed by atoms with E-state index in [1.807, 2.05) is 12.1 Å². The van der Waals surface area contributed by atoms with Crippen LogP contribution in [0.3, 0.4) is 0 Å². The monoisotopic (exact) mass is 579 g/mol. The molecule has 214 valence electrons. The number of amides is 2. The highest BCUT2D eigenvalue weighted by molar-refractivity contribution is 7.89. The van der Waals surface area contributed by atoms with Crippen molar-refractivity contribution in [1.82, 2.24) is 9.62 Å². The molecule has 12 heteroatoms. The summed E-state index contributed by atoms with van der Waals surface area (Å²) in [5.74, 6) is -0.237. The molecule has 0 aliphatic carbocycles. The topological polar surface area (TPSA) is 140 Å². The zero-order chi connectivity index (χ0) is 29.0. The second-order valence-electron chi connectivity index (χ2n) is 9.62. The largest absolute Gasteiger partial charge is 0.456 e. The summed E-state index contributed by atoms with van der Waals surface area (Å²) >= 11 is 0. The molecule has 41 heavy (non-hydrogen) atoms. The summed E-state index contributed by atoms with van der Waals surface area (Å²) in [6.07, 6.45) is 0.211. The molecule has 2 aliphatic rings. The van der Waals surface area contributed by atoms with E-state index in [0.717, 1.165) is 11.1 Å². The van der Waals surface area contributed by atoms with Gasteiger partial charge in [0.05, 0.1) is 17.4 Å². The van der Waals surface area contributed by atoms with E-state index in [1.165, 1.54) is 35.5 Å². The van der Waals surface area contributed by atoms with Crippen molar-refractivity contribution in [3.8, 4) is 11.5 Å². The molecule has 2 amide bonds. The lowest BCUT2D eigenvalue weighted by atomic mass is 9.92. The third kappa shape index (κ3) is 6.50. The van der Waals surface area contributed by atoms with Gasteiger partial charge in [0.1, 0.15) is 0 Å². The van der Waals surface area contributed by atoms with Crippen molar-refractivity contribution in [3.63, 3.8) is 0 Å². The number of ether oxygens (including phenoxy) is 3. The van der Waals surface area contributed by atoms with Gasteiger partial charge in [-0.05, 0) is 59.5 Å². The van der Waals surface area contributed by atoms with Gasteiger partial charge in [-0.3, -0.25) is 14.4 Å². The lowest BCUT2D eigenvalue weighted by molar-refractivity contribution is -0.149. The normalized spacial score (nSPS) is 16.0. The van der Waals surface area contributed by atoms with Gasteiger partial charge in [-0.25, -0.2) is 8.42 Å². The number of carbonyl (C=O) groups excluding carboxylic acids is 3. The predicted octanol–water partition coefficient (Wildman–Crippen LogP) is 2.91. The minimum Gasteiger partial charge on any atom is -0.456 e. The molecule has 3 aromatic carbocycles. The number of hydrogen-bond acceptors (Lipinski definition) is 8. The molecule has 0 bridgehead atoms. The van der Waals surface area contributed by atoms with Crippen molar-refractivity contribution in [2.24, 2.45) is 0 Å².